The van der Waals surface area contributed by atoms with E-state index >= 15 is 0 Å². The molecule has 1 heterocycles. The van der Waals surface area contributed by atoms with Crippen molar-refractivity contribution in [3.63, 3.8) is 0 Å². The highest BCUT2D eigenvalue weighted by atomic mass is 35.5. The van der Waals surface area contributed by atoms with Gasteiger partial charge >= 0.3 is 0 Å². The van der Waals surface area contributed by atoms with Gasteiger partial charge in [-0.05, 0) is 48.4 Å². The molecule has 0 atom stereocenters. The third kappa shape index (κ3) is 6.70. The second-order valence-corrected chi connectivity index (χ2v) is 10.9. The molecule has 0 radical (unpaired) electrons. The van der Waals surface area contributed by atoms with E-state index < -0.39 is 10.2 Å². The maximum Gasteiger partial charge on any atom is 0.276 e. The first-order valence-corrected chi connectivity index (χ1v) is 13.6. The number of nitrogens with zero attached hydrogens (tertiary/aromatic N) is 2. The minimum absolute atomic E-state index is 0.0472. The van der Waals surface area contributed by atoms with E-state index in [4.69, 9.17) is 39.9 Å². The zero-order valence-electron chi connectivity index (χ0n) is 19.5. The molecule has 0 saturated heterocycles. The Labute approximate surface area is 229 Å². The van der Waals surface area contributed by atoms with E-state index in [0.29, 0.717) is 43.3 Å². The molecule has 4 rings (SSSR count). The summed E-state index contributed by atoms with van der Waals surface area (Å²) in [6.07, 6.45) is 0. The van der Waals surface area contributed by atoms with Gasteiger partial charge in [0.05, 0.1) is 22.9 Å². The van der Waals surface area contributed by atoms with Gasteiger partial charge in [-0.15, -0.1) is 0 Å². The van der Waals surface area contributed by atoms with Gasteiger partial charge in [0.1, 0.15) is 5.69 Å². The van der Waals surface area contributed by atoms with Crippen LogP contribution in [0.1, 0.15) is 27.2 Å². The summed E-state index contributed by atoms with van der Waals surface area (Å²) in [5.74, 6) is -0.339. The molecule has 1 amide bonds. The number of amides is 1. The summed E-state index contributed by atoms with van der Waals surface area (Å²) in [5.41, 5.74) is 4.40. The van der Waals surface area contributed by atoms with Crippen molar-refractivity contribution in [3.8, 4) is 11.3 Å². The van der Waals surface area contributed by atoms with Crippen LogP contribution in [0.3, 0.4) is 0 Å². The summed E-state index contributed by atoms with van der Waals surface area (Å²) < 4.78 is 24.6. The van der Waals surface area contributed by atoms with E-state index in [1.54, 1.807) is 54.6 Å². The van der Waals surface area contributed by atoms with Gasteiger partial charge in [0.25, 0.3) is 16.1 Å². The Morgan fingerprint density at radius 1 is 0.973 bits per heavy atom. The molecule has 0 unspecified atom stereocenters. The van der Waals surface area contributed by atoms with E-state index in [0.717, 1.165) is 11.1 Å². The maximum atomic E-state index is 13.8. The quantitative estimate of drug-likeness (QED) is 0.256. The fourth-order valence-electron chi connectivity index (χ4n) is 3.73. The van der Waals surface area contributed by atoms with Crippen molar-refractivity contribution in [3.05, 3.63) is 104 Å². The molecular formula is C25H22Cl3N5O3S. The summed E-state index contributed by atoms with van der Waals surface area (Å²) in [4.78, 5) is 15.4. The molecule has 3 aromatic carbocycles. The summed E-state index contributed by atoms with van der Waals surface area (Å²) in [6, 6.07) is 19.2. The Morgan fingerprint density at radius 2 is 1.59 bits per heavy atom. The van der Waals surface area contributed by atoms with Crippen LogP contribution in [0.4, 0.5) is 5.69 Å². The van der Waals surface area contributed by atoms with E-state index in [-0.39, 0.29) is 19.0 Å². The third-order valence-electron chi connectivity index (χ3n) is 5.63. The number of halogens is 3. The molecule has 4 N–H and O–H groups in total. The van der Waals surface area contributed by atoms with E-state index in [2.05, 4.69) is 14.9 Å². The van der Waals surface area contributed by atoms with Crippen LogP contribution in [-0.4, -0.2) is 24.5 Å². The number of nitrogens with two attached hydrogens (primary N) is 1. The average Bonchev–Trinajstić information content (AvgIpc) is 3.23. The number of aromatic nitrogens is 2. The Morgan fingerprint density at radius 3 is 2.22 bits per heavy atom. The molecule has 0 fully saturated rings. The first-order valence-electron chi connectivity index (χ1n) is 10.9. The SMILES string of the molecule is Cc1c(-c2ccc(Cl)cc2)n[nH]c1C(=O)N(Cc1ccc(CNS(N)(=O)=O)cc1)c1ccc(Cl)cc1Cl. The van der Waals surface area contributed by atoms with Crippen LogP contribution in [0.25, 0.3) is 11.3 Å². The second-order valence-electron chi connectivity index (χ2n) is 8.25. The van der Waals surface area contributed by atoms with Crippen LogP contribution >= 0.6 is 34.8 Å². The molecule has 0 bridgehead atoms. The predicted octanol–water partition coefficient (Wildman–Crippen LogP) is 5.49. The van der Waals surface area contributed by atoms with Crippen LogP contribution in [0.2, 0.25) is 15.1 Å². The molecular weight excluding hydrogens is 557 g/mol. The second kappa shape index (κ2) is 11.2. The Balaban J connectivity index is 1.66. The number of H-pyrrole nitrogens is 1. The number of nitrogens with one attached hydrogen (secondary N) is 2. The van der Waals surface area contributed by atoms with Crippen molar-refractivity contribution in [1.82, 2.24) is 14.9 Å². The van der Waals surface area contributed by atoms with Crippen LogP contribution in [-0.2, 0) is 23.3 Å². The highest BCUT2D eigenvalue weighted by molar-refractivity contribution is 7.87. The van der Waals surface area contributed by atoms with Crippen LogP contribution in [0.15, 0.2) is 66.7 Å². The molecule has 0 saturated carbocycles. The standard InChI is InChI=1S/C25H22Cl3N5O3S/c1-15-23(18-6-8-19(26)9-7-18)31-32-24(15)25(34)33(22-11-10-20(27)12-21(22)28)14-17-4-2-16(3-5-17)13-30-37(29,35)36/h2-12,30H,13-14H2,1H3,(H,31,32)(H2,29,35,36). The maximum absolute atomic E-state index is 13.8. The minimum atomic E-state index is -3.81. The summed E-state index contributed by atoms with van der Waals surface area (Å²) in [6.45, 7) is 2.04. The molecule has 0 aliphatic heterocycles. The van der Waals surface area contributed by atoms with Gasteiger partial charge in [-0.25, -0.2) is 5.14 Å². The lowest BCUT2D eigenvalue weighted by atomic mass is 10.1. The zero-order chi connectivity index (χ0) is 26.7. The number of benzene rings is 3. The van der Waals surface area contributed by atoms with E-state index in [9.17, 15) is 13.2 Å². The number of hydrogen-bond donors (Lipinski definition) is 3. The minimum Gasteiger partial charge on any atom is -0.301 e. The zero-order valence-corrected chi connectivity index (χ0v) is 22.6. The highest BCUT2D eigenvalue weighted by Crippen LogP contribution is 2.32. The molecule has 192 valence electrons. The monoisotopic (exact) mass is 577 g/mol. The Bertz CT molecular complexity index is 1540. The molecule has 0 aliphatic rings. The smallest absolute Gasteiger partial charge is 0.276 e. The summed E-state index contributed by atoms with van der Waals surface area (Å²) in [7, 11) is -3.81. The van der Waals surface area contributed by atoms with Crippen LogP contribution in [0.5, 0.6) is 0 Å². The number of carbonyl (C=O) groups excluding carboxylic acids is 1. The van der Waals surface area contributed by atoms with Crippen molar-refractivity contribution in [1.29, 1.82) is 0 Å². The average molecular weight is 579 g/mol. The Kier molecular flexibility index (Phi) is 8.23. The molecule has 8 nitrogen and oxygen atoms in total. The van der Waals surface area contributed by atoms with Crippen molar-refractivity contribution < 1.29 is 13.2 Å². The molecule has 12 heteroatoms. The summed E-state index contributed by atoms with van der Waals surface area (Å²) in [5, 5.41) is 13.6. The molecule has 0 aliphatic carbocycles. The topological polar surface area (TPSA) is 121 Å². The number of anilines is 1. The molecule has 37 heavy (non-hydrogen) atoms. The third-order valence-corrected chi connectivity index (χ3v) is 6.96. The number of carbonyl (C=O) groups is 1. The molecule has 4 aromatic rings. The van der Waals surface area contributed by atoms with E-state index in [1.807, 2.05) is 19.1 Å². The largest absolute Gasteiger partial charge is 0.301 e. The fourth-order valence-corrected chi connectivity index (χ4v) is 4.73. The number of aromatic amines is 1. The van der Waals surface area contributed by atoms with Gasteiger partial charge in [-0.3, -0.25) is 9.89 Å². The lowest BCUT2D eigenvalue weighted by Gasteiger charge is -2.24. The van der Waals surface area contributed by atoms with Crippen molar-refractivity contribution in [2.24, 2.45) is 5.14 Å². The number of hydrogen-bond acceptors (Lipinski definition) is 4. The first-order chi connectivity index (χ1) is 17.5. The lowest BCUT2D eigenvalue weighted by Crippen LogP contribution is -2.31. The summed E-state index contributed by atoms with van der Waals surface area (Å²) >= 11 is 18.6. The van der Waals surface area contributed by atoms with Gasteiger partial charge in [-0.1, -0.05) is 71.2 Å². The Hall–Kier alpha value is -2.92. The highest BCUT2D eigenvalue weighted by Gasteiger charge is 2.25. The van der Waals surface area contributed by atoms with Crippen molar-refractivity contribution in [2.45, 2.75) is 20.0 Å². The van der Waals surface area contributed by atoms with Gasteiger partial charge in [0.15, 0.2) is 0 Å². The lowest BCUT2D eigenvalue weighted by molar-refractivity contribution is 0.0979. The van der Waals surface area contributed by atoms with Gasteiger partial charge < -0.3 is 4.90 Å². The predicted molar refractivity (Wildman–Crippen MR) is 147 cm³/mol. The number of rotatable bonds is 8. The normalized spacial score (nSPS) is 11.5. The van der Waals surface area contributed by atoms with Crippen molar-refractivity contribution in [2.75, 3.05) is 4.90 Å². The van der Waals surface area contributed by atoms with Gasteiger partial charge in [0, 0.05) is 27.7 Å². The fraction of sp³-hybridized carbons (Fsp3) is 0.120. The van der Waals surface area contributed by atoms with Crippen LogP contribution < -0.4 is 14.8 Å². The molecule has 1 aromatic heterocycles. The van der Waals surface area contributed by atoms with Gasteiger partial charge in [-0.2, -0.15) is 18.2 Å². The van der Waals surface area contributed by atoms with E-state index in [1.165, 1.54) is 4.90 Å². The molecule has 0 spiro atoms. The van der Waals surface area contributed by atoms with Crippen LogP contribution in [0, 0.1) is 6.92 Å². The van der Waals surface area contributed by atoms with Gasteiger partial charge in [0.2, 0.25) is 0 Å². The van der Waals surface area contributed by atoms with Crippen molar-refractivity contribution >= 4 is 56.6 Å². The first kappa shape index (κ1) is 27.1.